The van der Waals surface area contributed by atoms with E-state index in [2.05, 4.69) is 0 Å². The summed E-state index contributed by atoms with van der Waals surface area (Å²) in [5.74, 6) is 0.764. The number of ketones is 1. The molecule has 1 heterocycles. The molecule has 150 valence electrons. The van der Waals surface area contributed by atoms with E-state index in [9.17, 15) is 9.59 Å². The molecule has 3 aromatic rings. The molecule has 0 saturated heterocycles. The standard InChI is InChI=1S/C22H21ClN2O3S/c1-28-19-12-11-14(13-16(19)23)25-21(27)15-7-5-6-8-17(15)24-22(25)29-20-10-4-2-3-9-18(20)26/h5-8,11-13,20H,2-4,9-10H2,1H3/t20-/m1/s1. The lowest BCUT2D eigenvalue weighted by molar-refractivity contribution is -0.118. The average molecular weight is 429 g/mol. The van der Waals surface area contributed by atoms with E-state index in [0.29, 0.717) is 38.9 Å². The van der Waals surface area contributed by atoms with Gasteiger partial charge in [0.15, 0.2) is 5.16 Å². The zero-order valence-corrected chi connectivity index (χ0v) is 17.6. The Morgan fingerprint density at radius 1 is 1.14 bits per heavy atom. The molecule has 1 atom stereocenters. The maximum atomic E-state index is 13.4. The second-order valence-corrected chi connectivity index (χ2v) is 8.62. The quantitative estimate of drug-likeness (QED) is 0.430. The van der Waals surface area contributed by atoms with Gasteiger partial charge in [-0.15, -0.1) is 0 Å². The van der Waals surface area contributed by atoms with Gasteiger partial charge in [0.25, 0.3) is 5.56 Å². The summed E-state index contributed by atoms with van der Waals surface area (Å²) < 4.78 is 6.78. The molecule has 29 heavy (non-hydrogen) atoms. The van der Waals surface area contributed by atoms with Crippen LogP contribution in [0.25, 0.3) is 16.6 Å². The summed E-state index contributed by atoms with van der Waals surface area (Å²) in [5, 5.41) is 1.25. The van der Waals surface area contributed by atoms with Gasteiger partial charge in [-0.25, -0.2) is 4.98 Å². The summed E-state index contributed by atoms with van der Waals surface area (Å²) in [4.78, 5) is 30.7. The number of hydrogen-bond acceptors (Lipinski definition) is 5. The van der Waals surface area contributed by atoms with Crippen LogP contribution in [-0.2, 0) is 4.79 Å². The molecular formula is C22H21ClN2O3S. The van der Waals surface area contributed by atoms with E-state index in [1.807, 2.05) is 18.2 Å². The fourth-order valence-corrected chi connectivity index (χ4v) is 5.08. The lowest BCUT2D eigenvalue weighted by Gasteiger charge is -2.17. The number of carbonyl (C=O) groups is 1. The SMILES string of the molecule is COc1ccc(-n2c(S[C@@H]3CCCCCC3=O)nc3ccccc3c2=O)cc1Cl. The Morgan fingerprint density at radius 3 is 2.76 bits per heavy atom. The van der Waals surface area contributed by atoms with Crippen molar-refractivity contribution in [1.29, 1.82) is 0 Å². The molecule has 0 amide bonds. The molecule has 0 unspecified atom stereocenters. The summed E-state index contributed by atoms with van der Waals surface area (Å²) in [7, 11) is 1.55. The van der Waals surface area contributed by atoms with Gasteiger partial charge in [0.05, 0.1) is 34.0 Å². The van der Waals surface area contributed by atoms with E-state index in [4.69, 9.17) is 21.3 Å². The first-order valence-electron chi connectivity index (χ1n) is 9.63. The summed E-state index contributed by atoms with van der Waals surface area (Å²) in [6, 6.07) is 12.5. The third-order valence-electron chi connectivity index (χ3n) is 5.13. The largest absolute Gasteiger partial charge is 0.495 e. The van der Waals surface area contributed by atoms with Crippen molar-refractivity contribution in [3.8, 4) is 11.4 Å². The topological polar surface area (TPSA) is 61.2 Å². The predicted molar refractivity (Wildman–Crippen MR) is 117 cm³/mol. The number of fused-ring (bicyclic) bond motifs is 1. The molecule has 4 rings (SSSR count). The van der Waals surface area contributed by atoms with Gasteiger partial charge in [-0.3, -0.25) is 14.2 Å². The molecule has 1 aromatic heterocycles. The van der Waals surface area contributed by atoms with Gasteiger partial charge in [-0.05, 0) is 43.2 Å². The van der Waals surface area contributed by atoms with Gasteiger partial charge in [0.2, 0.25) is 0 Å². The number of ether oxygens (including phenoxy) is 1. The van der Waals surface area contributed by atoms with Crippen LogP contribution in [0, 0.1) is 0 Å². The molecule has 1 saturated carbocycles. The summed E-state index contributed by atoms with van der Waals surface area (Å²) in [5.41, 5.74) is 1.04. The third kappa shape index (κ3) is 4.05. The van der Waals surface area contributed by atoms with Crippen molar-refractivity contribution in [3.05, 3.63) is 57.8 Å². The van der Waals surface area contributed by atoms with E-state index in [1.165, 1.54) is 11.8 Å². The van der Waals surface area contributed by atoms with Gasteiger partial charge in [0, 0.05) is 6.42 Å². The number of rotatable bonds is 4. The number of benzene rings is 2. The minimum atomic E-state index is -0.189. The summed E-state index contributed by atoms with van der Waals surface area (Å²) in [6.45, 7) is 0. The highest BCUT2D eigenvalue weighted by atomic mass is 35.5. The van der Waals surface area contributed by atoms with E-state index in [-0.39, 0.29) is 16.6 Å². The van der Waals surface area contributed by atoms with E-state index in [1.54, 1.807) is 35.9 Å². The molecule has 7 heteroatoms. The number of para-hydroxylation sites is 1. The maximum Gasteiger partial charge on any atom is 0.266 e. The highest BCUT2D eigenvalue weighted by molar-refractivity contribution is 8.00. The average Bonchev–Trinajstić information content (AvgIpc) is 2.92. The van der Waals surface area contributed by atoms with Gasteiger partial charge in [0.1, 0.15) is 11.5 Å². The van der Waals surface area contributed by atoms with E-state index >= 15 is 0 Å². The Hall–Kier alpha value is -2.31. The maximum absolute atomic E-state index is 13.4. The number of aromatic nitrogens is 2. The minimum Gasteiger partial charge on any atom is -0.495 e. The van der Waals surface area contributed by atoms with Gasteiger partial charge in [-0.1, -0.05) is 48.3 Å². The monoisotopic (exact) mass is 428 g/mol. The normalized spacial score (nSPS) is 17.3. The minimum absolute atomic E-state index is 0.180. The van der Waals surface area contributed by atoms with Crippen molar-refractivity contribution in [2.45, 2.75) is 42.5 Å². The van der Waals surface area contributed by atoms with Crippen LogP contribution in [-0.4, -0.2) is 27.7 Å². The van der Waals surface area contributed by atoms with Crippen LogP contribution < -0.4 is 10.3 Å². The molecule has 1 aliphatic carbocycles. The number of nitrogens with zero attached hydrogens (tertiary/aromatic N) is 2. The second-order valence-electron chi connectivity index (χ2n) is 7.04. The van der Waals surface area contributed by atoms with Crippen molar-refractivity contribution in [1.82, 2.24) is 9.55 Å². The molecule has 2 aromatic carbocycles. The smallest absolute Gasteiger partial charge is 0.266 e. The van der Waals surface area contributed by atoms with Crippen LogP contribution >= 0.6 is 23.4 Å². The number of Topliss-reactive ketones (excluding diaryl/α,β-unsaturated/α-hetero) is 1. The van der Waals surface area contributed by atoms with Crippen LogP contribution in [0.1, 0.15) is 32.1 Å². The van der Waals surface area contributed by atoms with Crippen LogP contribution in [0.2, 0.25) is 5.02 Å². The Kier molecular flexibility index (Phi) is 5.92. The number of thioether (sulfide) groups is 1. The first-order valence-corrected chi connectivity index (χ1v) is 10.9. The highest BCUT2D eigenvalue weighted by Crippen LogP contribution is 2.33. The molecule has 0 bridgehead atoms. The number of halogens is 1. The van der Waals surface area contributed by atoms with Crippen molar-refractivity contribution in [2.75, 3.05) is 7.11 Å². The summed E-state index contributed by atoms with van der Waals surface area (Å²) >= 11 is 7.70. The molecule has 0 radical (unpaired) electrons. The molecule has 5 nitrogen and oxygen atoms in total. The van der Waals surface area contributed by atoms with Crippen LogP contribution in [0.4, 0.5) is 0 Å². The van der Waals surface area contributed by atoms with Gasteiger partial charge >= 0.3 is 0 Å². The lowest BCUT2D eigenvalue weighted by Crippen LogP contribution is -2.24. The van der Waals surface area contributed by atoms with Crippen LogP contribution in [0.15, 0.2) is 52.4 Å². The zero-order chi connectivity index (χ0) is 20.4. The van der Waals surface area contributed by atoms with Crippen LogP contribution in [0.3, 0.4) is 0 Å². The fourth-order valence-electron chi connectivity index (χ4n) is 3.59. The Morgan fingerprint density at radius 2 is 1.97 bits per heavy atom. The van der Waals surface area contributed by atoms with Gasteiger partial charge in [-0.2, -0.15) is 0 Å². The van der Waals surface area contributed by atoms with Crippen LogP contribution in [0.5, 0.6) is 5.75 Å². The number of hydrogen-bond donors (Lipinski definition) is 0. The van der Waals surface area contributed by atoms with Gasteiger partial charge < -0.3 is 4.74 Å². The first kappa shape index (κ1) is 20.0. The van der Waals surface area contributed by atoms with E-state index in [0.717, 1.165) is 25.7 Å². The number of carbonyl (C=O) groups excluding carboxylic acids is 1. The molecule has 1 fully saturated rings. The number of methoxy groups -OCH3 is 1. The molecule has 1 aliphatic rings. The molecule has 0 aliphatic heterocycles. The second kappa shape index (κ2) is 8.59. The Labute approximate surface area is 178 Å². The van der Waals surface area contributed by atoms with Crippen molar-refractivity contribution in [2.24, 2.45) is 0 Å². The fraction of sp³-hybridized carbons (Fsp3) is 0.318. The summed E-state index contributed by atoms with van der Waals surface area (Å²) in [6.07, 6.45) is 4.39. The van der Waals surface area contributed by atoms with Crippen molar-refractivity contribution < 1.29 is 9.53 Å². The molecule has 0 spiro atoms. The molecule has 0 N–H and O–H groups in total. The van der Waals surface area contributed by atoms with Crippen molar-refractivity contribution in [3.63, 3.8) is 0 Å². The first-order chi connectivity index (χ1) is 14.1. The Balaban J connectivity index is 1.88. The molecular weight excluding hydrogens is 408 g/mol. The van der Waals surface area contributed by atoms with Crippen molar-refractivity contribution >= 4 is 40.0 Å². The highest BCUT2D eigenvalue weighted by Gasteiger charge is 2.25. The van der Waals surface area contributed by atoms with E-state index < -0.39 is 0 Å². The lowest BCUT2D eigenvalue weighted by atomic mass is 10.2. The Bertz CT molecular complexity index is 1130. The predicted octanol–water partition coefficient (Wildman–Crippen LogP) is 5.04. The zero-order valence-electron chi connectivity index (χ0n) is 16.1. The third-order valence-corrected chi connectivity index (χ3v) is 6.70.